The summed E-state index contributed by atoms with van der Waals surface area (Å²) in [5.74, 6) is -5.35. The van der Waals surface area contributed by atoms with Crippen LogP contribution in [-0.4, -0.2) is 20.6 Å². The van der Waals surface area contributed by atoms with Crippen LogP contribution < -0.4 is 0 Å². The summed E-state index contributed by atoms with van der Waals surface area (Å²) in [4.78, 5) is 15.4. The Morgan fingerprint density at radius 2 is 1.93 bits per heavy atom. The molecule has 0 aliphatic rings. The van der Waals surface area contributed by atoms with Gasteiger partial charge in [0.05, 0.1) is 10.2 Å². The summed E-state index contributed by atoms with van der Waals surface area (Å²) in [5.41, 5.74) is 0.472. The van der Waals surface area contributed by atoms with Crippen LogP contribution in [0.25, 0.3) is 31.7 Å². The van der Waals surface area contributed by atoms with Crippen molar-refractivity contribution >= 4 is 38.4 Å². The summed E-state index contributed by atoms with van der Waals surface area (Å²) < 4.78 is 57.5. The van der Waals surface area contributed by atoms with Crippen LogP contribution in [-0.2, 0) is 17.8 Å². The minimum absolute atomic E-state index is 0.0723. The molecule has 0 spiro atoms. The highest BCUT2D eigenvalue weighted by molar-refractivity contribution is 7.21. The molecule has 0 atom stereocenters. The van der Waals surface area contributed by atoms with Crippen molar-refractivity contribution in [2.75, 3.05) is 0 Å². The summed E-state index contributed by atoms with van der Waals surface area (Å²) in [6.45, 7) is 1.27. The fourth-order valence-electron chi connectivity index (χ4n) is 3.42. The molecule has 1 N–H and O–H groups in total. The van der Waals surface area contributed by atoms with Crippen LogP contribution in [0.15, 0.2) is 24.3 Å². The number of nitrogens with zero attached hydrogens (tertiary/aromatic N) is 2. The van der Waals surface area contributed by atoms with Crippen molar-refractivity contribution in [3.63, 3.8) is 0 Å². The van der Waals surface area contributed by atoms with E-state index < -0.39 is 41.3 Å². The van der Waals surface area contributed by atoms with Gasteiger partial charge in [0.15, 0.2) is 11.6 Å². The molecule has 0 saturated carbocycles. The van der Waals surface area contributed by atoms with E-state index in [0.717, 1.165) is 11.3 Å². The molecule has 2 heterocycles. The quantitative estimate of drug-likeness (QED) is 0.377. The van der Waals surface area contributed by atoms with Crippen molar-refractivity contribution in [1.82, 2.24) is 9.55 Å². The first-order valence-electron chi connectivity index (χ1n) is 8.29. The van der Waals surface area contributed by atoms with Gasteiger partial charge in [-0.15, -0.1) is 11.3 Å². The fraction of sp³-hybridized carbons (Fsp3) is 0.158. The smallest absolute Gasteiger partial charge is 0.323 e. The molecule has 2 aromatic carbocycles. The molecule has 144 valence electrons. The monoisotopic (exact) mass is 408 g/mol. The maximum atomic E-state index is 14.5. The highest BCUT2D eigenvalue weighted by atomic mass is 32.1. The third-order valence-electron chi connectivity index (χ3n) is 4.50. The van der Waals surface area contributed by atoms with Gasteiger partial charge in [0.25, 0.3) is 0 Å². The molecule has 28 heavy (non-hydrogen) atoms. The van der Waals surface area contributed by atoms with Crippen LogP contribution in [0.5, 0.6) is 0 Å². The molecule has 0 saturated heterocycles. The average molecular weight is 408 g/mol. The minimum atomic E-state index is -1.35. The van der Waals surface area contributed by atoms with E-state index in [-0.39, 0.29) is 15.2 Å². The zero-order valence-electron chi connectivity index (χ0n) is 14.4. The number of hydrogen-bond acceptors (Lipinski definition) is 3. The average Bonchev–Trinajstić information content (AvgIpc) is 3.20. The molecule has 4 rings (SSSR count). The maximum absolute atomic E-state index is 14.5. The summed E-state index contributed by atoms with van der Waals surface area (Å²) >= 11 is 0.806. The Bertz CT molecular complexity index is 1260. The van der Waals surface area contributed by atoms with Crippen LogP contribution in [0.4, 0.5) is 17.6 Å². The normalized spacial score (nSPS) is 11.6. The van der Waals surface area contributed by atoms with Gasteiger partial charge in [0.2, 0.25) is 0 Å². The number of carboxylic acid groups (broad SMARTS) is 1. The van der Waals surface area contributed by atoms with E-state index >= 15 is 0 Å². The van der Waals surface area contributed by atoms with Gasteiger partial charge < -0.3 is 9.67 Å². The van der Waals surface area contributed by atoms with Crippen LogP contribution in [0.3, 0.4) is 0 Å². The molecule has 0 unspecified atom stereocenters. The van der Waals surface area contributed by atoms with Crippen molar-refractivity contribution < 1.29 is 27.5 Å². The lowest BCUT2D eigenvalue weighted by molar-refractivity contribution is -0.137. The second-order valence-corrected chi connectivity index (χ2v) is 7.14. The highest BCUT2D eigenvalue weighted by Gasteiger charge is 2.25. The third kappa shape index (κ3) is 2.65. The lowest BCUT2D eigenvalue weighted by Crippen LogP contribution is -2.12. The molecule has 9 heteroatoms. The Balaban J connectivity index is 2.11. The molecule has 0 amide bonds. The summed E-state index contributed by atoms with van der Waals surface area (Å²) in [6, 6.07) is 4.70. The molecule has 4 nitrogen and oxygen atoms in total. The number of aromatic nitrogens is 2. The van der Waals surface area contributed by atoms with E-state index in [4.69, 9.17) is 0 Å². The minimum Gasteiger partial charge on any atom is -0.480 e. The topological polar surface area (TPSA) is 55.1 Å². The van der Waals surface area contributed by atoms with Gasteiger partial charge >= 0.3 is 5.97 Å². The number of carboxylic acids is 1. The maximum Gasteiger partial charge on any atom is 0.323 e. The van der Waals surface area contributed by atoms with Crippen molar-refractivity contribution in [2.24, 2.45) is 0 Å². The predicted octanol–water partition coefficient (Wildman–Crippen LogP) is 5.12. The molecule has 2 aromatic heterocycles. The number of rotatable bonds is 4. The van der Waals surface area contributed by atoms with Crippen LogP contribution >= 0.6 is 11.3 Å². The summed E-state index contributed by atoms with van der Waals surface area (Å²) in [7, 11) is 0. The van der Waals surface area contributed by atoms with Gasteiger partial charge in [-0.2, -0.15) is 0 Å². The Labute approximate surface area is 159 Å². The fourth-order valence-corrected chi connectivity index (χ4v) is 4.47. The van der Waals surface area contributed by atoms with Gasteiger partial charge in [0.1, 0.15) is 28.7 Å². The molecular formula is C19H12F4N2O2S. The first-order chi connectivity index (χ1) is 13.3. The standard InChI is InChI=1S/C19H12F4N2O2S/c1-2-12-14(8-4-3-5-9(20)17(8)25(12)7-13(26)27)19-24-16-15(23)10(21)6-11(22)18(16)28-19/h3-6H,2,7H2,1H3,(H,26,27). The second-order valence-electron chi connectivity index (χ2n) is 6.14. The lowest BCUT2D eigenvalue weighted by Gasteiger charge is -2.07. The van der Waals surface area contributed by atoms with Gasteiger partial charge in [0, 0.05) is 22.7 Å². The van der Waals surface area contributed by atoms with E-state index in [1.165, 1.54) is 16.7 Å². The Kier molecular flexibility index (Phi) is 4.34. The molecule has 0 fully saturated rings. The van der Waals surface area contributed by atoms with Gasteiger partial charge in [-0.3, -0.25) is 4.79 Å². The highest BCUT2D eigenvalue weighted by Crippen LogP contribution is 2.41. The molecule has 0 aliphatic heterocycles. The first-order valence-corrected chi connectivity index (χ1v) is 9.10. The zero-order valence-corrected chi connectivity index (χ0v) is 15.2. The van der Waals surface area contributed by atoms with E-state index in [0.29, 0.717) is 29.1 Å². The number of fused-ring (bicyclic) bond motifs is 2. The SMILES string of the molecule is CCc1c(-c2nc3c(F)c(F)cc(F)c3s2)c2cccc(F)c2n1CC(=O)O. The molecule has 0 radical (unpaired) electrons. The largest absolute Gasteiger partial charge is 0.480 e. The Morgan fingerprint density at radius 1 is 1.18 bits per heavy atom. The van der Waals surface area contributed by atoms with Crippen LogP contribution in [0.2, 0.25) is 0 Å². The predicted molar refractivity (Wildman–Crippen MR) is 97.4 cm³/mol. The first kappa shape index (κ1) is 18.4. The number of benzene rings is 2. The van der Waals surface area contributed by atoms with Crippen molar-refractivity contribution in [2.45, 2.75) is 19.9 Å². The molecular weight excluding hydrogens is 396 g/mol. The van der Waals surface area contributed by atoms with Crippen molar-refractivity contribution in [1.29, 1.82) is 0 Å². The van der Waals surface area contributed by atoms with Crippen molar-refractivity contribution in [3.05, 3.63) is 53.2 Å². The number of halogens is 4. The number of thiazole rings is 1. The zero-order chi connectivity index (χ0) is 20.2. The third-order valence-corrected chi connectivity index (χ3v) is 5.58. The lowest BCUT2D eigenvalue weighted by atomic mass is 10.1. The summed E-state index contributed by atoms with van der Waals surface area (Å²) in [6.07, 6.45) is 0.325. The number of aliphatic carboxylic acids is 1. The van der Waals surface area contributed by atoms with E-state index in [9.17, 15) is 27.5 Å². The van der Waals surface area contributed by atoms with E-state index in [2.05, 4.69) is 4.98 Å². The van der Waals surface area contributed by atoms with E-state index in [1.807, 2.05) is 0 Å². The Hall–Kier alpha value is -2.94. The summed E-state index contributed by atoms with van der Waals surface area (Å²) in [5, 5.41) is 9.77. The van der Waals surface area contributed by atoms with E-state index in [1.54, 1.807) is 13.0 Å². The van der Waals surface area contributed by atoms with Gasteiger partial charge in [-0.05, 0) is 12.5 Å². The van der Waals surface area contributed by atoms with Crippen LogP contribution in [0.1, 0.15) is 12.6 Å². The number of para-hydroxylation sites is 1. The second kappa shape index (κ2) is 6.59. The molecule has 0 bridgehead atoms. The van der Waals surface area contributed by atoms with Crippen molar-refractivity contribution in [3.8, 4) is 10.6 Å². The van der Waals surface area contributed by atoms with Gasteiger partial charge in [-0.1, -0.05) is 19.1 Å². The van der Waals surface area contributed by atoms with Crippen LogP contribution in [0, 0.1) is 23.3 Å². The number of hydrogen-bond donors (Lipinski definition) is 1. The molecule has 4 aromatic rings. The Morgan fingerprint density at radius 3 is 2.61 bits per heavy atom. The number of carbonyl (C=O) groups is 1. The molecule has 0 aliphatic carbocycles. The van der Waals surface area contributed by atoms with Gasteiger partial charge in [-0.25, -0.2) is 22.5 Å².